The minimum absolute atomic E-state index is 0.156. The normalized spacial score (nSPS) is 15.3. The Hall–Kier alpha value is -3.75. The molecule has 1 aliphatic heterocycles. The second-order valence-corrected chi connectivity index (χ2v) is 8.80. The van der Waals surface area contributed by atoms with Crippen molar-refractivity contribution in [2.24, 2.45) is 0 Å². The second kappa shape index (κ2) is 10.7. The van der Waals surface area contributed by atoms with Gasteiger partial charge in [0.05, 0.1) is 11.4 Å². The van der Waals surface area contributed by atoms with Crippen molar-refractivity contribution in [3.8, 4) is 11.6 Å². The van der Waals surface area contributed by atoms with E-state index in [0.29, 0.717) is 18.1 Å². The molecule has 180 valence electrons. The van der Waals surface area contributed by atoms with Gasteiger partial charge in [-0.05, 0) is 42.8 Å². The fourth-order valence-electron chi connectivity index (χ4n) is 4.47. The highest BCUT2D eigenvalue weighted by atomic mass is 16.5. The molecule has 1 atom stereocenters. The third-order valence-corrected chi connectivity index (χ3v) is 6.47. The van der Waals surface area contributed by atoms with Gasteiger partial charge in [0.25, 0.3) is 0 Å². The van der Waals surface area contributed by atoms with Crippen LogP contribution in [-0.2, 0) is 17.8 Å². The lowest BCUT2D eigenvalue weighted by Crippen LogP contribution is -2.54. The van der Waals surface area contributed by atoms with Crippen LogP contribution < -0.4 is 10.1 Å². The van der Waals surface area contributed by atoms with E-state index in [-0.39, 0.29) is 11.9 Å². The van der Waals surface area contributed by atoms with Crippen molar-refractivity contribution in [2.75, 3.05) is 33.2 Å². The Morgan fingerprint density at radius 1 is 1.00 bits per heavy atom. The van der Waals surface area contributed by atoms with Gasteiger partial charge in [0.1, 0.15) is 17.7 Å². The van der Waals surface area contributed by atoms with Crippen LogP contribution in [0.2, 0.25) is 0 Å². The summed E-state index contributed by atoms with van der Waals surface area (Å²) in [5.41, 5.74) is 3.12. The van der Waals surface area contributed by atoms with E-state index in [1.54, 1.807) is 0 Å². The summed E-state index contributed by atoms with van der Waals surface area (Å²) in [5, 5.41) is 4.05. The molecule has 0 aliphatic carbocycles. The van der Waals surface area contributed by atoms with Gasteiger partial charge in [0, 0.05) is 38.9 Å². The molecule has 0 radical (unpaired) electrons. The van der Waals surface area contributed by atoms with Crippen LogP contribution in [0.5, 0.6) is 11.6 Å². The van der Waals surface area contributed by atoms with Crippen molar-refractivity contribution in [3.63, 3.8) is 0 Å². The number of rotatable bonds is 8. The number of hydrogen-bond acceptors (Lipinski definition) is 6. The van der Waals surface area contributed by atoms with Crippen molar-refractivity contribution in [1.82, 2.24) is 30.1 Å². The zero-order chi connectivity index (χ0) is 24.0. The SMILES string of the molecule is CNC(Cc1ccc(Oc2ncnc3[nH]ccc23)cc1)C(=O)N1CCN(Cc2ccccc2)CC1. The highest BCUT2D eigenvalue weighted by molar-refractivity contribution is 5.82. The van der Waals surface area contributed by atoms with Crippen LogP contribution in [0.4, 0.5) is 0 Å². The highest BCUT2D eigenvalue weighted by Gasteiger charge is 2.26. The van der Waals surface area contributed by atoms with Gasteiger partial charge in [0.2, 0.25) is 11.8 Å². The number of aromatic nitrogens is 3. The average Bonchev–Trinajstić information content (AvgIpc) is 3.39. The number of piperazine rings is 1. The van der Waals surface area contributed by atoms with E-state index in [1.807, 2.05) is 54.5 Å². The van der Waals surface area contributed by atoms with E-state index in [9.17, 15) is 4.79 Å². The third kappa shape index (κ3) is 5.50. The number of aromatic amines is 1. The van der Waals surface area contributed by atoms with Crippen molar-refractivity contribution in [3.05, 3.63) is 84.3 Å². The Kier molecular flexibility index (Phi) is 7.02. The highest BCUT2D eigenvalue weighted by Crippen LogP contribution is 2.26. The number of nitrogens with one attached hydrogen (secondary N) is 2. The molecule has 2 aromatic carbocycles. The van der Waals surface area contributed by atoms with Crippen LogP contribution in [0.25, 0.3) is 11.0 Å². The number of carbonyl (C=O) groups is 1. The Labute approximate surface area is 204 Å². The third-order valence-electron chi connectivity index (χ3n) is 6.47. The lowest BCUT2D eigenvalue weighted by Gasteiger charge is -2.36. The summed E-state index contributed by atoms with van der Waals surface area (Å²) in [6.45, 7) is 4.21. The maximum atomic E-state index is 13.2. The molecule has 0 spiro atoms. The molecule has 8 nitrogen and oxygen atoms in total. The average molecular weight is 471 g/mol. The summed E-state index contributed by atoms with van der Waals surface area (Å²) >= 11 is 0. The summed E-state index contributed by atoms with van der Waals surface area (Å²) in [6.07, 6.45) is 3.91. The van der Waals surface area contributed by atoms with Gasteiger partial charge in [-0.25, -0.2) is 9.97 Å². The first kappa shape index (κ1) is 23.0. The lowest BCUT2D eigenvalue weighted by atomic mass is 10.0. The van der Waals surface area contributed by atoms with Gasteiger partial charge in [-0.2, -0.15) is 0 Å². The summed E-state index contributed by atoms with van der Waals surface area (Å²) in [6, 6.07) is 19.9. The van der Waals surface area contributed by atoms with Crippen LogP contribution in [-0.4, -0.2) is 69.9 Å². The van der Waals surface area contributed by atoms with Crippen LogP contribution in [0, 0.1) is 0 Å². The maximum Gasteiger partial charge on any atom is 0.240 e. The Balaban J connectivity index is 1.15. The predicted molar refractivity (Wildman–Crippen MR) is 135 cm³/mol. The fourth-order valence-corrected chi connectivity index (χ4v) is 4.47. The lowest BCUT2D eigenvalue weighted by molar-refractivity contribution is -0.135. The molecule has 4 aromatic rings. The van der Waals surface area contributed by atoms with Gasteiger partial charge in [-0.3, -0.25) is 9.69 Å². The summed E-state index contributed by atoms with van der Waals surface area (Å²) < 4.78 is 5.96. The molecular formula is C27H30N6O2. The molecule has 2 aromatic heterocycles. The number of hydrogen-bond donors (Lipinski definition) is 2. The molecular weight excluding hydrogens is 440 g/mol. The number of carbonyl (C=O) groups excluding carboxylic acids is 1. The van der Waals surface area contributed by atoms with Gasteiger partial charge in [0.15, 0.2) is 0 Å². The van der Waals surface area contributed by atoms with Crippen LogP contribution in [0.1, 0.15) is 11.1 Å². The first-order valence-corrected chi connectivity index (χ1v) is 12.0. The molecule has 3 heterocycles. The Morgan fingerprint density at radius 2 is 1.77 bits per heavy atom. The van der Waals surface area contributed by atoms with Gasteiger partial charge in [-0.15, -0.1) is 0 Å². The summed E-state index contributed by atoms with van der Waals surface area (Å²) in [5.74, 6) is 1.36. The van der Waals surface area contributed by atoms with E-state index in [2.05, 4.69) is 49.4 Å². The van der Waals surface area contributed by atoms with Gasteiger partial charge >= 0.3 is 0 Å². The monoisotopic (exact) mass is 470 g/mol. The molecule has 1 fully saturated rings. The Bertz CT molecular complexity index is 1250. The van der Waals surface area contributed by atoms with E-state index >= 15 is 0 Å². The topological polar surface area (TPSA) is 86.4 Å². The number of likely N-dealkylation sites (N-methyl/N-ethyl adjacent to an activating group) is 1. The number of amides is 1. The zero-order valence-corrected chi connectivity index (χ0v) is 19.9. The summed E-state index contributed by atoms with van der Waals surface area (Å²) in [4.78, 5) is 29.1. The fraction of sp³-hybridized carbons (Fsp3) is 0.296. The molecule has 0 bridgehead atoms. The molecule has 35 heavy (non-hydrogen) atoms. The zero-order valence-electron chi connectivity index (χ0n) is 19.9. The largest absolute Gasteiger partial charge is 0.438 e. The number of fused-ring (bicyclic) bond motifs is 1. The molecule has 1 amide bonds. The number of H-pyrrole nitrogens is 1. The molecule has 5 rings (SSSR count). The Morgan fingerprint density at radius 3 is 2.51 bits per heavy atom. The van der Waals surface area contributed by atoms with Crippen LogP contribution in [0.15, 0.2) is 73.2 Å². The smallest absolute Gasteiger partial charge is 0.240 e. The van der Waals surface area contributed by atoms with Crippen molar-refractivity contribution in [2.45, 2.75) is 19.0 Å². The molecule has 1 aliphatic rings. The van der Waals surface area contributed by atoms with Crippen molar-refractivity contribution >= 4 is 16.9 Å². The molecule has 0 saturated carbocycles. The maximum absolute atomic E-state index is 13.2. The molecule has 2 N–H and O–H groups in total. The standard InChI is InChI=1S/C27H30N6O2/c1-28-24(27(34)33-15-13-32(14-16-33)18-21-5-3-2-4-6-21)17-20-7-9-22(10-8-20)35-26-23-11-12-29-25(23)30-19-31-26/h2-12,19,24,28H,13-18H2,1H3,(H,29,30,31). The first-order valence-electron chi connectivity index (χ1n) is 12.0. The van der Waals surface area contributed by atoms with Gasteiger partial charge < -0.3 is 19.9 Å². The quantitative estimate of drug-likeness (QED) is 0.411. The van der Waals surface area contributed by atoms with E-state index in [1.165, 1.54) is 11.9 Å². The number of benzene rings is 2. The van der Waals surface area contributed by atoms with Crippen LogP contribution >= 0.6 is 0 Å². The minimum atomic E-state index is -0.260. The van der Waals surface area contributed by atoms with E-state index in [4.69, 9.17) is 4.74 Å². The second-order valence-electron chi connectivity index (χ2n) is 8.80. The number of nitrogens with zero attached hydrogens (tertiary/aromatic N) is 4. The first-order chi connectivity index (χ1) is 17.2. The van der Waals surface area contributed by atoms with Crippen LogP contribution in [0.3, 0.4) is 0 Å². The summed E-state index contributed by atoms with van der Waals surface area (Å²) in [7, 11) is 1.85. The van der Waals surface area contributed by atoms with Crippen molar-refractivity contribution < 1.29 is 9.53 Å². The van der Waals surface area contributed by atoms with Crippen molar-refractivity contribution in [1.29, 1.82) is 0 Å². The predicted octanol–water partition coefficient (Wildman–Crippen LogP) is 3.23. The minimum Gasteiger partial charge on any atom is -0.438 e. The molecule has 1 saturated heterocycles. The molecule has 8 heteroatoms. The van der Waals surface area contributed by atoms with E-state index in [0.717, 1.165) is 49.3 Å². The number of ether oxygens (including phenoxy) is 1. The van der Waals surface area contributed by atoms with Gasteiger partial charge in [-0.1, -0.05) is 42.5 Å². The van der Waals surface area contributed by atoms with E-state index < -0.39 is 0 Å². The molecule has 1 unspecified atom stereocenters.